The van der Waals surface area contributed by atoms with Gasteiger partial charge in [0.25, 0.3) is 11.2 Å². The van der Waals surface area contributed by atoms with E-state index in [9.17, 15) is 67.7 Å². The fourth-order valence-electron chi connectivity index (χ4n) is 4.84. The van der Waals surface area contributed by atoms with Gasteiger partial charge in [-0.25, -0.2) is 0 Å². The van der Waals surface area contributed by atoms with Gasteiger partial charge in [0, 0.05) is 11.8 Å². The number of carbonyl (C=O) groups excluding carboxylic acids is 1. The van der Waals surface area contributed by atoms with E-state index in [1.807, 2.05) is 0 Å². The molecule has 1 saturated carbocycles. The van der Waals surface area contributed by atoms with Crippen LogP contribution in [0.15, 0.2) is 0 Å². The van der Waals surface area contributed by atoms with Gasteiger partial charge in [-0.1, -0.05) is 34.6 Å². The maximum Gasteiger partial charge on any atom is 0.426 e. The smallest absolute Gasteiger partial charge is 0.426 e. The third kappa shape index (κ3) is 6.95. The van der Waals surface area contributed by atoms with E-state index >= 15 is 0 Å². The molecule has 0 aromatic heterocycles. The molecule has 0 saturated heterocycles. The standard InChI is InChI=1S/C24H34F12O4/c1-12(2)18(6,8-7-17(3,4)5)16(37)40-15-10-13(19(38,21(25,26)27)22(28,29)30)9-14(11-15)20(39,23(31,32)33)24(34,35)36/h12-15,38-39H,7-11H2,1-6H3. The highest BCUT2D eigenvalue weighted by Crippen LogP contribution is 2.58. The third-order valence-corrected chi connectivity index (χ3v) is 7.98. The molecule has 16 heteroatoms. The Morgan fingerprint density at radius 3 is 1.25 bits per heavy atom. The Kier molecular flexibility index (Phi) is 10.1. The molecule has 1 rings (SSSR count). The molecule has 1 fully saturated rings. The molecule has 0 spiro atoms. The molecule has 0 amide bonds. The molecule has 0 aromatic rings. The lowest BCUT2D eigenvalue weighted by atomic mass is 9.65. The molecule has 3 unspecified atom stereocenters. The van der Waals surface area contributed by atoms with Gasteiger partial charge in [0.05, 0.1) is 5.41 Å². The molecule has 0 aromatic carbocycles. The van der Waals surface area contributed by atoms with Crippen molar-refractivity contribution in [1.29, 1.82) is 0 Å². The number of hydrogen-bond acceptors (Lipinski definition) is 4. The lowest BCUT2D eigenvalue weighted by molar-refractivity contribution is -0.405. The van der Waals surface area contributed by atoms with E-state index in [0.717, 1.165) is 0 Å². The summed E-state index contributed by atoms with van der Waals surface area (Å²) in [4.78, 5) is 13.2. The topological polar surface area (TPSA) is 66.8 Å². The first-order valence-corrected chi connectivity index (χ1v) is 12.3. The van der Waals surface area contributed by atoms with Gasteiger partial charge in [0.15, 0.2) is 0 Å². The van der Waals surface area contributed by atoms with E-state index in [4.69, 9.17) is 4.74 Å². The van der Waals surface area contributed by atoms with E-state index in [2.05, 4.69) is 0 Å². The number of halogens is 12. The third-order valence-electron chi connectivity index (χ3n) is 7.98. The highest BCUT2D eigenvalue weighted by Gasteiger charge is 2.78. The molecule has 40 heavy (non-hydrogen) atoms. The SMILES string of the molecule is CC(C)C(C)(CCC(C)(C)C)C(=O)OC1CC(C(O)(C(F)(F)F)C(F)(F)F)CC(C(O)(C(F)(F)F)C(F)(F)F)C1. The Bertz CT molecular complexity index is 809. The Morgan fingerprint density at radius 1 is 0.675 bits per heavy atom. The van der Waals surface area contributed by atoms with Crippen LogP contribution in [-0.4, -0.2) is 58.2 Å². The van der Waals surface area contributed by atoms with Crippen molar-refractivity contribution in [2.75, 3.05) is 0 Å². The molecule has 0 bridgehead atoms. The summed E-state index contributed by atoms with van der Waals surface area (Å²) in [5.74, 6) is -8.62. The van der Waals surface area contributed by atoms with Gasteiger partial charge in [0.1, 0.15) is 6.10 Å². The van der Waals surface area contributed by atoms with Crippen molar-refractivity contribution in [2.45, 2.75) is 116 Å². The Hall–Kier alpha value is -1.45. The summed E-state index contributed by atoms with van der Waals surface area (Å²) in [5, 5.41) is 19.7. The minimum absolute atomic E-state index is 0.0522. The molecular weight excluding hydrogens is 580 g/mol. The van der Waals surface area contributed by atoms with Crippen LogP contribution in [0.5, 0.6) is 0 Å². The van der Waals surface area contributed by atoms with E-state index in [0.29, 0.717) is 6.42 Å². The normalized spacial score (nSPS) is 24.2. The Morgan fingerprint density at radius 2 is 1.00 bits per heavy atom. The summed E-state index contributed by atoms with van der Waals surface area (Å²) in [6.45, 7) is 9.76. The summed E-state index contributed by atoms with van der Waals surface area (Å²) in [6.07, 6.45) is -33.7. The van der Waals surface area contributed by atoms with Crippen LogP contribution in [-0.2, 0) is 9.53 Å². The highest BCUT2D eigenvalue weighted by atomic mass is 19.4. The van der Waals surface area contributed by atoms with Crippen LogP contribution in [0.2, 0.25) is 0 Å². The lowest BCUT2D eigenvalue weighted by Crippen LogP contribution is -2.67. The second-order valence-electron chi connectivity index (χ2n) is 12.3. The first-order chi connectivity index (χ1) is 17.4. The largest absolute Gasteiger partial charge is 0.462 e. The summed E-state index contributed by atoms with van der Waals surface area (Å²) in [6, 6.07) is 0. The van der Waals surface area contributed by atoms with Crippen LogP contribution >= 0.6 is 0 Å². The Labute approximate surface area is 223 Å². The first kappa shape index (κ1) is 36.6. The molecule has 4 nitrogen and oxygen atoms in total. The van der Waals surface area contributed by atoms with Gasteiger partial charge in [-0.05, 0) is 50.4 Å². The van der Waals surface area contributed by atoms with Crippen LogP contribution in [0.4, 0.5) is 52.7 Å². The van der Waals surface area contributed by atoms with E-state index in [-0.39, 0.29) is 11.8 Å². The average Bonchev–Trinajstić information content (AvgIpc) is 2.71. The van der Waals surface area contributed by atoms with Crippen molar-refractivity contribution < 1.29 is 72.4 Å². The fourth-order valence-corrected chi connectivity index (χ4v) is 4.84. The van der Waals surface area contributed by atoms with Gasteiger partial charge in [-0.2, -0.15) is 52.7 Å². The molecule has 0 heterocycles. The molecule has 1 aliphatic rings. The van der Waals surface area contributed by atoms with Crippen molar-refractivity contribution >= 4 is 5.97 Å². The van der Waals surface area contributed by atoms with E-state index in [1.54, 1.807) is 20.8 Å². The van der Waals surface area contributed by atoms with Crippen LogP contribution in [0, 0.1) is 28.6 Å². The van der Waals surface area contributed by atoms with Crippen LogP contribution < -0.4 is 0 Å². The van der Waals surface area contributed by atoms with Gasteiger partial charge in [0.2, 0.25) is 0 Å². The number of alkyl halides is 12. The predicted molar refractivity (Wildman–Crippen MR) is 116 cm³/mol. The maximum absolute atomic E-state index is 13.6. The quantitative estimate of drug-likeness (QED) is 0.230. The monoisotopic (exact) mass is 614 g/mol. The molecule has 1 aliphatic carbocycles. The molecule has 2 N–H and O–H groups in total. The van der Waals surface area contributed by atoms with Gasteiger partial charge in [-0.3, -0.25) is 4.79 Å². The minimum Gasteiger partial charge on any atom is -0.462 e. The number of carbonyl (C=O) groups is 1. The molecular formula is C24H34F12O4. The van der Waals surface area contributed by atoms with Gasteiger partial charge < -0.3 is 14.9 Å². The Balaban J connectivity index is 3.71. The van der Waals surface area contributed by atoms with Gasteiger partial charge >= 0.3 is 30.7 Å². The van der Waals surface area contributed by atoms with Gasteiger partial charge in [-0.15, -0.1) is 0 Å². The number of esters is 1. The predicted octanol–water partition coefficient (Wildman–Crippen LogP) is 7.51. The second kappa shape index (κ2) is 11.0. The summed E-state index contributed by atoms with van der Waals surface area (Å²) >= 11 is 0. The number of aliphatic hydroxyl groups is 2. The van der Waals surface area contributed by atoms with E-state index < -0.39 is 90.4 Å². The fraction of sp³-hybridized carbons (Fsp3) is 0.958. The van der Waals surface area contributed by atoms with Crippen LogP contribution in [0.25, 0.3) is 0 Å². The number of hydrogen-bond donors (Lipinski definition) is 2. The zero-order valence-electron chi connectivity index (χ0n) is 22.6. The van der Waals surface area contributed by atoms with Crippen LogP contribution in [0.1, 0.15) is 73.6 Å². The first-order valence-electron chi connectivity index (χ1n) is 12.3. The molecule has 238 valence electrons. The summed E-state index contributed by atoms with van der Waals surface area (Å²) < 4.78 is 168. The van der Waals surface area contributed by atoms with Crippen LogP contribution in [0.3, 0.4) is 0 Å². The average molecular weight is 615 g/mol. The number of rotatable bonds is 7. The second-order valence-corrected chi connectivity index (χ2v) is 12.3. The van der Waals surface area contributed by atoms with Crippen molar-refractivity contribution in [1.82, 2.24) is 0 Å². The zero-order chi connectivity index (χ0) is 32.1. The van der Waals surface area contributed by atoms with Crippen molar-refractivity contribution in [3.05, 3.63) is 0 Å². The molecule has 3 atom stereocenters. The number of ether oxygens (including phenoxy) is 1. The lowest BCUT2D eigenvalue weighted by Gasteiger charge is -2.48. The van der Waals surface area contributed by atoms with E-state index in [1.165, 1.54) is 20.8 Å². The zero-order valence-corrected chi connectivity index (χ0v) is 22.6. The minimum atomic E-state index is -6.60. The molecule has 0 aliphatic heterocycles. The van der Waals surface area contributed by atoms with Crippen molar-refractivity contribution in [2.24, 2.45) is 28.6 Å². The summed E-state index contributed by atoms with van der Waals surface area (Å²) in [5.41, 5.74) is -13.4. The van der Waals surface area contributed by atoms with Crippen molar-refractivity contribution in [3.63, 3.8) is 0 Å². The van der Waals surface area contributed by atoms with Crippen molar-refractivity contribution in [3.8, 4) is 0 Å². The maximum atomic E-state index is 13.6. The molecule has 0 radical (unpaired) electrons. The highest BCUT2D eigenvalue weighted by molar-refractivity contribution is 5.77. The summed E-state index contributed by atoms with van der Waals surface area (Å²) in [7, 11) is 0.